The lowest BCUT2D eigenvalue weighted by Gasteiger charge is -2.21. The number of anilines is 1. The summed E-state index contributed by atoms with van der Waals surface area (Å²) in [6.45, 7) is 4.92. The van der Waals surface area contributed by atoms with E-state index in [0.29, 0.717) is 12.3 Å². The molecule has 0 aliphatic heterocycles. The molecule has 1 aromatic heterocycles. The van der Waals surface area contributed by atoms with Crippen LogP contribution in [0.5, 0.6) is 5.75 Å². The quantitative estimate of drug-likeness (QED) is 0.705. The molecule has 0 atom stereocenters. The van der Waals surface area contributed by atoms with E-state index in [1.54, 1.807) is 6.20 Å². The lowest BCUT2D eigenvalue weighted by atomic mass is 10.1. The number of nitrogen functional groups attached to an aromatic ring is 1. The van der Waals surface area contributed by atoms with Crippen molar-refractivity contribution in [1.82, 2.24) is 20.2 Å². The number of nitrogens with two attached hydrogens (primary N) is 1. The van der Waals surface area contributed by atoms with E-state index in [1.807, 2.05) is 24.3 Å². The van der Waals surface area contributed by atoms with Crippen molar-refractivity contribution in [2.24, 2.45) is 0 Å². The number of rotatable bonds is 9. The highest BCUT2D eigenvalue weighted by atomic mass is 16.5. The van der Waals surface area contributed by atoms with Gasteiger partial charge < -0.3 is 15.8 Å². The van der Waals surface area contributed by atoms with Crippen molar-refractivity contribution in [1.29, 1.82) is 0 Å². The van der Waals surface area contributed by atoms with Crippen molar-refractivity contribution in [2.45, 2.75) is 32.2 Å². The van der Waals surface area contributed by atoms with Gasteiger partial charge in [-0.2, -0.15) is 0 Å². The highest BCUT2D eigenvalue weighted by Crippen LogP contribution is 2.27. The van der Waals surface area contributed by atoms with Gasteiger partial charge in [-0.15, -0.1) is 0 Å². The number of benzene rings is 1. The molecule has 1 heterocycles. The summed E-state index contributed by atoms with van der Waals surface area (Å²) >= 11 is 0. The van der Waals surface area contributed by atoms with E-state index in [9.17, 15) is 4.79 Å². The minimum absolute atomic E-state index is 0.113. The fraction of sp³-hybridized carbons (Fsp3) is 0.450. The molecule has 1 fully saturated rings. The molecular formula is C20H27N5O2. The van der Waals surface area contributed by atoms with E-state index in [2.05, 4.69) is 27.1 Å². The van der Waals surface area contributed by atoms with Crippen LogP contribution in [0.2, 0.25) is 0 Å². The fourth-order valence-electron chi connectivity index (χ4n) is 3.05. The molecule has 7 heteroatoms. The molecular weight excluding hydrogens is 342 g/mol. The van der Waals surface area contributed by atoms with Crippen molar-refractivity contribution in [3.8, 4) is 17.0 Å². The number of aromatic nitrogens is 2. The van der Waals surface area contributed by atoms with Crippen LogP contribution in [-0.4, -0.2) is 53.6 Å². The predicted molar refractivity (Wildman–Crippen MR) is 106 cm³/mol. The maximum atomic E-state index is 11.9. The van der Waals surface area contributed by atoms with Gasteiger partial charge in [-0.3, -0.25) is 9.69 Å². The molecule has 7 nitrogen and oxygen atoms in total. The summed E-state index contributed by atoms with van der Waals surface area (Å²) in [6.07, 6.45) is 5.34. The molecule has 144 valence electrons. The van der Waals surface area contributed by atoms with Crippen molar-refractivity contribution in [3.05, 3.63) is 36.2 Å². The molecule has 0 spiro atoms. The molecule has 2 aromatic rings. The molecule has 1 aromatic carbocycles. The van der Waals surface area contributed by atoms with E-state index in [-0.39, 0.29) is 17.4 Å². The van der Waals surface area contributed by atoms with Crippen LogP contribution in [-0.2, 0) is 0 Å². The Kier molecular flexibility index (Phi) is 6.24. The van der Waals surface area contributed by atoms with Crippen LogP contribution in [0.15, 0.2) is 30.5 Å². The van der Waals surface area contributed by atoms with Crippen LogP contribution in [0.25, 0.3) is 11.3 Å². The first-order valence-corrected chi connectivity index (χ1v) is 9.44. The maximum Gasteiger partial charge on any atom is 0.273 e. The largest absolute Gasteiger partial charge is 0.492 e. The van der Waals surface area contributed by atoms with Gasteiger partial charge in [-0.25, -0.2) is 9.97 Å². The first-order valence-electron chi connectivity index (χ1n) is 9.44. The number of amides is 1. The second kappa shape index (κ2) is 8.81. The van der Waals surface area contributed by atoms with Gasteiger partial charge in [0, 0.05) is 25.2 Å². The Morgan fingerprint density at radius 1 is 1.37 bits per heavy atom. The van der Waals surface area contributed by atoms with Crippen LogP contribution in [0.3, 0.4) is 0 Å². The van der Waals surface area contributed by atoms with Gasteiger partial charge in [0.2, 0.25) is 0 Å². The lowest BCUT2D eigenvalue weighted by molar-refractivity contribution is 0.0959. The fourth-order valence-corrected chi connectivity index (χ4v) is 3.05. The lowest BCUT2D eigenvalue weighted by Crippen LogP contribution is -2.31. The average molecular weight is 369 g/mol. The molecule has 0 saturated heterocycles. The van der Waals surface area contributed by atoms with Gasteiger partial charge in [0.1, 0.15) is 12.4 Å². The normalized spacial score (nSPS) is 13.6. The van der Waals surface area contributed by atoms with Gasteiger partial charge in [0.15, 0.2) is 11.5 Å². The molecule has 3 rings (SSSR count). The number of nitrogens with zero attached hydrogens (tertiary/aromatic N) is 3. The molecule has 27 heavy (non-hydrogen) atoms. The summed E-state index contributed by atoms with van der Waals surface area (Å²) in [5.41, 5.74) is 7.30. The second-order valence-electron chi connectivity index (χ2n) is 6.71. The van der Waals surface area contributed by atoms with Gasteiger partial charge >= 0.3 is 0 Å². The first-order chi connectivity index (χ1) is 13.1. The summed E-state index contributed by atoms with van der Waals surface area (Å²) < 4.78 is 5.95. The predicted octanol–water partition coefficient (Wildman–Crippen LogP) is 2.34. The Balaban J connectivity index is 1.67. The van der Waals surface area contributed by atoms with Crippen molar-refractivity contribution in [3.63, 3.8) is 0 Å². The molecule has 3 N–H and O–H groups in total. The number of ether oxygens (including phenoxy) is 1. The van der Waals surface area contributed by atoms with Crippen LogP contribution < -0.4 is 15.8 Å². The van der Waals surface area contributed by atoms with Crippen molar-refractivity contribution in [2.75, 3.05) is 32.5 Å². The Morgan fingerprint density at radius 2 is 2.19 bits per heavy atom. The first kappa shape index (κ1) is 19.1. The van der Waals surface area contributed by atoms with E-state index < -0.39 is 0 Å². The van der Waals surface area contributed by atoms with Gasteiger partial charge in [-0.1, -0.05) is 19.1 Å². The maximum absolute atomic E-state index is 11.9. The van der Waals surface area contributed by atoms with E-state index in [1.165, 1.54) is 19.9 Å². The molecule has 0 radical (unpaired) electrons. The molecule has 0 bridgehead atoms. The van der Waals surface area contributed by atoms with E-state index >= 15 is 0 Å². The Hall–Kier alpha value is -2.67. The summed E-state index contributed by atoms with van der Waals surface area (Å²) in [7, 11) is 1.54. The molecule has 1 saturated carbocycles. The number of hydrogen-bond acceptors (Lipinski definition) is 6. The topological polar surface area (TPSA) is 93.4 Å². The Morgan fingerprint density at radius 3 is 2.89 bits per heavy atom. The summed E-state index contributed by atoms with van der Waals surface area (Å²) in [5, 5.41) is 2.52. The third kappa shape index (κ3) is 4.95. The Labute approximate surface area is 159 Å². The SMILES string of the molecule is CCCN(CCOc1cccc(-c2cnc(N)c(C(=O)NC)n2)c1)C1CC1. The minimum Gasteiger partial charge on any atom is -0.492 e. The van der Waals surface area contributed by atoms with Crippen LogP contribution >= 0.6 is 0 Å². The summed E-state index contributed by atoms with van der Waals surface area (Å²) in [6, 6.07) is 8.40. The van der Waals surface area contributed by atoms with Gasteiger partial charge in [0.25, 0.3) is 5.91 Å². The second-order valence-corrected chi connectivity index (χ2v) is 6.71. The third-order valence-corrected chi connectivity index (χ3v) is 4.59. The summed E-state index contributed by atoms with van der Waals surface area (Å²) in [4.78, 5) is 22.8. The van der Waals surface area contributed by atoms with Crippen molar-refractivity contribution >= 4 is 11.7 Å². The van der Waals surface area contributed by atoms with Crippen LogP contribution in [0, 0.1) is 0 Å². The molecule has 1 aliphatic rings. The zero-order chi connectivity index (χ0) is 19.2. The standard InChI is InChI=1S/C20H27N5O2/c1-3-9-25(15-7-8-15)10-11-27-16-6-4-5-14(12-16)17-13-23-19(21)18(24-17)20(26)22-2/h4-6,12-13,15H,3,7-11H2,1-2H3,(H2,21,23)(H,22,26). The van der Waals surface area contributed by atoms with Gasteiger partial charge in [-0.05, 0) is 37.9 Å². The summed E-state index contributed by atoms with van der Waals surface area (Å²) in [5.74, 6) is 0.534. The van der Waals surface area contributed by atoms with Crippen molar-refractivity contribution < 1.29 is 9.53 Å². The zero-order valence-electron chi connectivity index (χ0n) is 15.9. The highest BCUT2D eigenvalue weighted by molar-refractivity contribution is 5.96. The molecule has 1 aliphatic carbocycles. The van der Waals surface area contributed by atoms with Crippen LogP contribution in [0.1, 0.15) is 36.7 Å². The van der Waals surface area contributed by atoms with E-state index in [4.69, 9.17) is 10.5 Å². The Bertz CT molecular complexity index is 792. The average Bonchev–Trinajstić information content (AvgIpc) is 3.52. The number of carbonyl (C=O) groups is 1. The molecule has 0 unspecified atom stereocenters. The molecule has 1 amide bonds. The van der Waals surface area contributed by atoms with Gasteiger partial charge in [0.05, 0.1) is 11.9 Å². The smallest absolute Gasteiger partial charge is 0.273 e. The third-order valence-electron chi connectivity index (χ3n) is 4.59. The number of nitrogens with one attached hydrogen (secondary N) is 1. The monoisotopic (exact) mass is 369 g/mol. The number of carbonyl (C=O) groups excluding carboxylic acids is 1. The minimum atomic E-state index is -0.356. The number of hydrogen-bond donors (Lipinski definition) is 2. The highest BCUT2D eigenvalue weighted by Gasteiger charge is 2.27. The zero-order valence-corrected chi connectivity index (χ0v) is 15.9. The van der Waals surface area contributed by atoms with Crippen LogP contribution in [0.4, 0.5) is 5.82 Å². The van der Waals surface area contributed by atoms with E-state index in [0.717, 1.165) is 36.9 Å².